The third-order valence-corrected chi connectivity index (χ3v) is 8.00. The van der Waals surface area contributed by atoms with Crippen LogP contribution in [0.5, 0.6) is 0 Å². The Bertz CT molecular complexity index is 1520. The average molecular weight is 581 g/mol. The minimum absolute atomic E-state index is 0.0574. The van der Waals surface area contributed by atoms with Crippen molar-refractivity contribution in [3.8, 4) is 0 Å². The van der Waals surface area contributed by atoms with Gasteiger partial charge in [0, 0.05) is 88.0 Å². The number of nitrogens with zero attached hydrogens (tertiary/aromatic N) is 5. The van der Waals surface area contributed by atoms with Crippen molar-refractivity contribution in [2.75, 3.05) is 57.0 Å². The molecule has 2 heterocycles. The van der Waals surface area contributed by atoms with E-state index >= 15 is 4.39 Å². The van der Waals surface area contributed by atoms with Crippen molar-refractivity contribution in [3.63, 3.8) is 0 Å². The fourth-order valence-electron chi connectivity index (χ4n) is 5.47. The molecule has 2 N–H and O–H groups in total. The number of benzene rings is 2. The predicted octanol–water partition coefficient (Wildman–Crippen LogP) is 4.50. The molecule has 1 aliphatic carbocycles. The van der Waals surface area contributed by atoms with E-state index in [1.165, 1.54) is 4.90 Å². The van der Waals surface area contributed by atoms with Crippen LogP contribution in [0.15, 0.2) is 42.2 Å². The number of allylic oxidation sites excluding steroid dienone is 2. The van der Waals surface area contributed by atoms with Gasteiger partial charge in [0.1, 0.15) is 11.3 Å². The van der Waals surface area contributed by atoms with Crippen LogP contribution in [0.4, 0.5) is 16.2 Å². The molecular weight excluding hydrogens is 547 g/mol. The van der Waals surface area contributed by atoms with Crippen molar-refractivity contribution in [1.82, 2.24) is 19.8 Å². The SMILES string of the molecule is CCC(=O)N1CCN(c2nc(NCCC(=O)N(C)C)nc3c(F)c(C4C=C(O)Cc5ccccc54)c(Cl)cc23)CC1. The smallest absolute Gasteiger partial charge is 0.225 e. The second-order valence-corrected chi connectivity index (χ2v) is 11.0. The van der Waals surface area contributed by atoms with Crippen molar-refractivity contribution < 1.29 is 19.1 Å². The average Bonchev–Trinajstić information content (AvgIpc) is 2.96. The maximum Gasteiger partial charge on any atom is 0.225 e. The van der Waals surface area contributed by atoms with Gasteiger partial charge in [-0.2, -0.15) is 4.98 Å². The molecule has 9 nitrogen and oxygen atoms in total. The molecule has 11 heteroatoms. The standard InChI is InChI=1S/C30H34ClFN6O3/c1-4-24(40)37-11-13-38(14-12-37)29-22-17-23(31)26(21-16-19(39)15-18-7-5-6-8-20(18)21)27(32)28(22)34-30(35-29)33-10-9-25(41)36(2)3/h5-8,16-17,21,39H,4,9-15H2,1-3H3,(H,33,34,35). The van der Waals surface area contributed by atoms with Gasteiger partial charge < -0.3 is 25.1 Å². The summed E-state index contributed by atoms with van der Waals surface area (Å²) in [6.45, 7) is 4.20. The number of carbonyl (C=O) groups is 2. The van der Waals surface area contributed by atoms with Crippen LogP contribution >= 0.6 is 11.6 Å². The Morgan fingerprint density at radius 1 is 1.17 bits per heavy atom. The van der Waals surface area contributed by atoms with Gasteiger partial charge in [-0.15, -0.1) is 0 Å². The molecule has 0 radical (unpaired) electrons. The van der Waals surface area contributed by atoms with Crippen molar-refractivity contribution in [3.05, 3.63) is 69.7 Å². The van der Waals surface area contributed by atoms with E-state index in [0.29, 0.717) is 50.2 Å². The van der Waals surface area contributed by atoms with Gasteiger partial charge in [-0.3, -0.25) is 9.59 Å². The summed E-state index contributed by atoms with van der Waals surface area (Å²) in [5, 5.41) is 14.3. The molecule has 1 aromatic heterocycles. The number of carbonyl (C=O) groups excluding carboxylic acids is 2. The summed E-state index contributed by atoms with van der Waals surface area (Å²) >= 11 is 6.80. The molecule has 1 unspecified atom stereocenters. The molecule has 0 spiro atoms. The summed E-state index contributed by atoms with van der Waals surface area (Å²) in [7, 11) is 3.37. The number of anilines is 2. The van der Waals surface area contributed by atoms with Gasteiger partial charge >= 0.3 is 0 Å². The van der Waals surface area contributed by atoms with Crippen molar-refractivity contribution >= 4 is 46.1 Å². The highest BCUT2D eigenvalue weighted by Crippen LogP contribution is 2.42. The highest BCUT2D eigenvalue weighted by molar-refractivity contribution is 6.32. The number of aromatic nitrogens is 2. The Kier molecular flexibility index (Phi) is 8.30. The van der Waals surface area contributed by atoms with E-state index in [2.05, 4.69) is 10.3 Å². The molecule has 0 bridgehead atoms. The molecule has 41 heavy (non-hydrogen) atoms. The van der Waals surface area contributed by atoms with Crippen LogP contribution in [0, 0.1) is 5.82 Å². The zero-order chi connectivity index (χ0) is 29.3. The summed E-state index contributed by atoms with van der Waals surface area (Å²) in [5.41, 5.74) is 2.11. The van der Waals surface area contributed by atoms with Crippen LogP contribution in [-0.4, -0.2) is 83.5 Å². The van der Waals surface area contributed by atoms with Crippen LogP contribution in [0.2, 0.25) is 5.02 Å². The molecule has 216 valence electrons. The van der Waals surface area contributed by atoms with Crippen LogP contribution in [0.3, 0.4) is 0 Å². The number of fused-ring (bicyclic) bond motifs is 2. The Balaban J connectivity index is 1.58. The summed E-state index contributed by atoms with van der Waals surface area (Å²) in [6.07, 6.45) is 2.67. The molecule has 1 atom stereocenters. The third-order valence-electron chi connectivity index (χ3n) is 7.69. The van der Waals surface area contributed by atoms with E-state index in [4.69, 9.17) is 16.6 Å². The first kappa shape index (κ1) is 28.6. The number of halogens is 2. The first-order valence-corrected chi connectivity index (χ1v) is 14.2. The normalized spacial score (nSPS) is 16.8. The van der Waals surface area contributed by atoms with E-state index in [1.54, 1.807) is 26.2 Å². The number of hydrogen-bond acceptors (Lipinski definition) is 7. The van der Waals surface area contributed by atoms with Gasteiger partial charge in [0.2, 0.25) is 17.8 Å². The molecular formula is C30H34ClFN6O3. The number of nitrogens with one attached hydrogen (secondary N) is 1. The molecule has 2 aromatic carbocycles. The molecule has 1 aliphatic heterocycles. The Hall–Kier alpha value is -3.92. The summed E-state index contributed by atoms with van der Waals surface area (Å²) < 4.78 is 16.6. The second-order valence-electron chi connectivity index (χ2n) is 10.6. The number of aliphatic hydroxyl groups is 1. The number of rotatable bonds is 7. The number of amides is 2. The van der Waals surface area contributed by atoms with E-state index in [-0.39, 0.29) is 52.6 Å². The summed E-state index contributed by atoms with van der Waals surface area (Å²) in [4.78, 5) is 39.0. The van der Waals surface area contributed by atoms with E-state index in [1.807, 2.05) is 41.0 Å². The minimum Gasteiger partial charge on any atom is -0.512 e. The zero-order valence-electron chi connectivity index (χ0n) is 23.5. The van der Waals surface area contributed by atoms with Crippen LogP contribution in [-0.2, 0) is 16.0 Å². The Morgan fingerprint density at radius 2 is 1.90 bits per heavy atom. The molecule has 3 aromatic rings. The maximum atomic E-state index is 16.6. The van der Waals surface area contributed by atoms with Crippen LogP contribution < -0.4 is 10.2 Å². The lowest BCUT2D eigenvalue weighted by molar-refractivity contribution is -0.131. The molecule has 0 saturated carbocycles. The van der Waals surface area contributed by atoms with Crippen molar-refractivity contribution in [1.29, 1.82) is 0 Å². The van der Waals surface area contributed by atoms with Crippen LogP contribution in [0.1, 0.15) is 42.4 Å². The predicted molar refractivity (Wildman–Crippen MR) is 158 cm³/mol. The number of piperazine rings is 1. The Morgan fingerprint density at radius 3 is 2.61 bits per heavy atom. The molecule has 1 saturated heterocycles. The topological polar surface area (TPSA) is 102 Å². The maximum absolute atomic E-state index is 16.6. The van der Waals surface area contributed by atoms with Gasteiger partial charge in [-0.25, -0.2) is 9.37 Å². The first-order chi connectivity index (χ1) is 19.7. The summed E-state index contributed by atoms with van der Waals surface area (Å²) in [6, 6.07) is 9.29. The first-order valence-electron chi connectivity index (χ1n) is 13.8. The fraction of sp³-hybridized carbons (Fsp3) is 0.400. The lowest BCUT2D eigenvalue weighted by Gasteiger charge is -2.36. The lowest BCUT2D eigenvalue weighted by atomic mass is 9.82. The molecule has 2 aliphatic rings. The van der Waals surface area contributed by atoms with Gasteiger partial charge in [0.15, 0.2) is 5.82 Å². The van der Waals surface area contributed by atoms with Crippen molar-refractivity contribution in [2.24, 2.45) is 0 Å². The highest BCUT2D eigenvalue weighted by Gasteiger charge is 2.30. The van der Waals surface area contributed by atoms with Crippen LogP contribution in [0.25, 0.3) is 10.9 Å². The lowest BCUT2D eigenvalue weighted by Crippen LogP contribution is -2.49. The van der Waals surface area contributed by atoms with Gasteiger partial charge in [-0.1, -0.05) is 42.8 Å². The molecule has 2 amide bonds. The monoisotopic (exact) mass is 580 g/mol. The molecule has 1 fully saturated rings. The summed E-state index contributed by atoms with van der Waals surface area (Å²) in [5.74, 6) is -0.288. The van der Waals surface area contributed by atoms with Gasteiger partial charge in [-0.05, 0) is 23.3 Å². The van der Waals surface area contributed by atoms with Gasteiger partial charge in [0.25, 0.3) is 0 Å². The third kappa shape index (κ3) is 5.79. The molecule has 5 rings (SSSR count). The quantitative estimate of drug-likeness (QED) is 0.424. The largest absolute Gasteiger partial charge is 0.512 e. The van der Waals surface area contributed by atoms with E-state index in [0.717, 1.165) is 11.1 Å². The zero-order valence-corrected chi connectivity index (χ0v) is 24.2. The number of hydrogen-bond donors (Lipinski definition) is 2. The minimum atomic E-state index is -0.590. The Labute approximate surface area is 243 Å². The fourth-order valence-corrected chi connectivity index (χ4v) is 5.78. The highest BCUT2D eigenvalue weighted by atomic mass is 35.5. The van der Waals surface area contributed by atoms with E-state index < -0.39 is 11.7 Å². The second kappa shape index (κ2) is 11.9. The number of aliphatic hydroxyl groups excluding tert-OH is 1. The van der Waals surface area contributed by atoms with Gasteiger partial charge in [0.05, 0.1) is 5.76 Å². The van der Waals surface area contributed by atoms with E-state index in [9.17, 15) is 14.7 Å². The van der Waals surface area contributed by atoms with Crippen molar-refractivity contribution in [2.45, 2.75) is 32.1 Å².